The van der Waals surface area contributed by atoms with Crippen molar-refractivity contribution in [2.75, 3.05) is 6.61 Å². The van der Waals surface area contributed by atoms with Crippen molar-refractivity contribution in [3.05, 3.63) is 33.4 Å². The summed E-state index contributed by atoms with van der Waals surface area (Å²) in [6.07, 6.45) is -2.05. The SMILES string of the molecule is CC(=O)OC[C@H]1O[C@H](Sc2cnc(C#N)c(Cl)c2)[C@H](OC(C)=O)[C@@H](N=[N+]=[N-])[C@H]1OC(C)=O. The summed E-state index contributed by atoms with van der Waals surface area (Å²) in [6.45, 7) is 3.16. The zero-order valence-electron chi connectivity index (χ0n) is 17.1. The Labute approximate surface area is 191 Å². The number of carbonyl (C=O) groups excluding carboxylic acids is 3. The first-order valence-corrected chi connectivity index (χ1v) is 10.3. The maximum atomic E-state index is 11.8. The number of nitriles is 1. The van der Waals surface area contributed by atoms with Crippen molar-refractivity contribution in [1.29, 1.82) is 5.26 Å². The quantitative estimate of drug-likeness (QED) is 0.184. The summed E-state index contributed by atoms with van der Waals surface area (Å²) in [5.41, 5.74) is 8.11. The first-order valence-electron chi connectivity index (χ1n) is 9.06. The minimum atomic E-state index is -1.20. The van der Waals surface area contributed by atoms with E-state index in [1.807, 2.05) is 6.07 Å². The number of halogens is 1. The third kappa shape index (κ3) is 6.73. The summed E-state index contributed by atoms with van der Waals surface area (Å²) in [5.74, 6) is -2.01. The van der Waals surface area contributed by atoms with E-state index in [0.29, 0.717) is 4.90 Å². The molecule has 5 atom stereocenters. The predicted molar refractivity (Wildman–Crippen MR) is 109 cm³/mol. The van der Waals surface area contributed by atoms with E-state index in [4.69, 9.17) is 41.3 Å². The van der Waals surface area contributed by atoms with Crippen LogP contribution in [0.4, 0.5) is 0 Å². The smallest absolute Gasteiger partial charge is 0.303 e. The lowest BCUT2D eigenvalue weighted by Gasteiger charge is -2.43. The molecule has 170 valence electrons. The molecule has 12 nitrogen and oxygen atoms in total. The van der Waals surface area contributed by atoms with Gasteiger partial charge in [-0.05, 0) is 11.6 Å². The summed E-state index contributed by atoms with van der Waals surface area (Å²) < 4.78 is 21.6. The van der Waals surface area contributed by atoms with Gasteiger partial charge in [-0.3, -0.25) is 14.4 Å². The number of hydrogen-bond acceptors (Lipinski definition) is 11. The molecule has 0 aromatic carbocycles. The molecule has 0 N–H and O–H groups in total. The number of rotatable bonds is 7. The maximum absolute atomic E-state index is 11.8. The number of hydrogen-bond donors (Lipinski definition) is 0. The fraction of sp³-hybridized carbons (Fsp3) is 0.500. The Hall–Kier alpha value is -3.04. The standard InChI is InChI=1S/C18H18ClN5O7S/c1-8(25)28-7-14-16(29-9(2)26)15(23-24-21)17(30-10(3)27)18(31-14)32-11-4-12(19)13(5-20)22-6-11/h4,6,14-18H,7H2,1-3H3/t14-,15+,16+,17-,18-/m1/s1. The summed E-state index contributed by atoms with van der Waals surface area (Å²) in [7, 11) is 0. The monoisotopic (exact) mass is 483 g/mol. The van der Waals surface area contributed by atoms with E-state index in [1.54, 1.807) is 0 Å². The Kier molecular flexibility index (Phi) is 9.10. The molecule has 0 unspecified atom stereocenters. The van der Waals surface area contributed by atoms with E-state index in [1.165, 1.54) is 19.2 Å². The van der Waals surface area contributed by atoms with Crippen LogP contribution in [0.2, 0.25) is 5.02 Å². The maximum Gasteiger partial charge on any atom is 0.303 e. The van der Waals surface area contributed by atoms with Gasteiger partial charge in [0.2, 0.25) is 0 Å². The highest BCUT2D eigenvalue weighted by molar-refractivity contribution is 7.99. The molecular formula is C18H18ClN5O7S. The number of nitrogens with zero attached hydrogens (tertiary/aromatic N) is 5. The van der Waals surface area contributed by atoms with Crippen LogP contribution in [0.25, 0.3) is 10.4 Å². The van der Waals surface area contributed by atoms with Crippen molar-refractivity contribution in [1.82, 2.24) is 4.98 Å². The number of azide groups is 1. The molecule has 0 saturated carbocycles. The Morgan fingerprint density at radius 1 is 1.28 bits per heavy atom. The summed E-state index contributed by atoms with van der Waals surface area (Å²) in [4.78, 5) is 41.9. The number of thioether (sulfide) groups is 1. The summed E-state index contributed by atoms with van der Waals surface area (Å²) in [6, 6.07) is 2.11. The minimum Gasteiger partial charge on any atom is -0.463 e. The van der Waals surface area contributed by atoms with Crippen molar-refractivity contribution < 1.29 is 33.3 Å². The van der Waals surface area contributed by atoms with Crippen LogP contribution >= 0.6 is 23.4 Å². The average molecular weight is 484 g/mol. The highest BCUT2D eigenvalue weighted by atomic mass is 35.5. The molecule has 1 aromatic rings. The second-order valence-corrected chi connectivity index (χ2v) is 8.00. The largest absolute Gasteiger partial charge is 0.463 e. The van der Waals surface area contributed by atoms with E-state index in [0.717, 1.165) is 25.6 Å². The average Bonchev–Trinajstić information content (AvgIpc) is 2.70. The van der Waals surface area contributed by atoms with E-state index in [-0.39, 0.29) is 17.3 Å². The highest BCUT2D eigenvalue weighted by Gasteiger charge is 2.50. The number of pyridine rings is 1. The van der Waals surface area contributed by atoms with Gasteiger partial charge in [-0.2, -0.15) is 5.26 Å². The van der Waals surface area contributed by atoms with Gasteiger partial charge in [-0.25, -0.2) is 4.98 Å². The molecule has 1 aliphatic rings. The fourth-order valence-corrected chi connectivity index (χ4v) is 4.26. The molecule has 1 saturated heterocycles. The molecule has 0 aliphatic carbocycles. The summed E-state index contributed by atoms with van der Waals surface area (Å²) in [5, 5.41) is 12.8. The topological polar surface area (TPSA) is 174 Å². The van der Waals surface area contributed by atoms with Crippen LogP contribution in [0, 0.1) is 11.3 Å². The van der Waals surface area contributed by atoms with Gasteiger partial charge < -0.3 is 18.9 Å². The first-order chi connectivity index (χ1) is 15.2. The third-order valence-corrected chi connectivity index (χ3v) is 5.43. The number of aromatic nitrogens is 1. The van der Waals surface area contributed by atoms with Crippen LogP contribution in [0.15, 0.2) is 22.3 Å². The normalized spacial score (nSPS) is 24.4. The van der Waals surface area contributed by atoms with Gasteiger partial charge in [0, 0.05) is 36.8 Å². The molecular weight excluding hydrogens is 466 g/mol. The van der Waals surface area contributed by atoms with Gasteiger partial charge in [0.05, 0.1) is 5.02 Å². The third-order valence-electron chi connectivity index (χ3n) is 4.03. The first kappa shape index (κ1) is 25.2. The Bertz CT molecular complexity index is 981. The van der Waals surface area contributed by atoms with Crippen LogP contribution < -0.4 is 0 Å². The van der Waals surface area contributed by atoms with Crippen molar-refractivity contribution >= 4 is 41.3 Å². The Balaban J connectivity index is 2.46. The van der Waals surface area contributed by atoms with Crippen LogP contribution in [0.5, 0.6) is 0 Å². The molecule has 2 heterocycles. The molecule has 0 amide bonds. The van der Waals surface area contributed by atoms with E-state index in [9.17, 15) is 14.4 Å². The van der Waals surface area contributed by atoms with Crippen molar-refractivity contribution in [3.8, 4) is 6.07 Å². The second kappa shape index (κ2) is 11.5. The van der Waals surface area contributed by atoms with Gasteiger partial charge in [0.1, 0.15) is 42.5 Å². The molecule has 1 fully saturated rings. The molecule has 1 aromatic heterocycles. The molecule has 2 rings (SSSR count). The van der Waals surface area contributed by atoms with E-state index >= 15 is 0 Å². The summed E-state index contributed by atoms with van der Waals surface area (Å²) >= 11 is 7.05. The Morgan fingerprint density at radius 2 is 1.94 bits per heavy atom. The van der Waals surface area contributed by atoms with Gasteiger partial charge >= 0.3 is 17.9 Å². The van der Waals surface area contributed by atoms with Gasteiger partial charge in [-0.15, -0.1) is 0 Å². The molecule has 0 bridgehead atoms. The molecule has 0 spiro atoms. The zero-order valence-corrected chi connectivity index (χ0v) is 18.7. The minimum absolute atomic E-state index is 0.0201. The van der Waals surface area contributed by atoms with Crippen molar-refractivity contribution in [2.24, 2.45) is 5.11 Å². The second-order valence-electron chi connectivity index (χ2n) is 6.42. The van der Waals surface area contributed by atoms with Crippen LogP contribution in [0.1, 0.15) is 26.5 Å². The highest BCUT2D eigenvalue weighted by Crippen LogP contribution is 2.38. The van der Waals surface area contributed by atoms with Gasteiger partial charge in [-0.1, -0.05) is 28.5 Å². The lowest BCUT2D eigenvalue weighted by atomic mass is 9.97. The molecule has 14 heteroatoms. The molecule has 32 heavy (non-hydrogen) atoms. The lowest BCUT2D eigenvalue weighted by molar-refractivity contribution is -0.201. The lowest BCUT2D eigenvalue weighted by Crippen LogP contribution is -2.59. The fourth-order valence-electron chi connectivity index (χ4n) is 2.87. The number of ether oxygens (including phenoxy) is 4. The van der Waals surface area contributed by atoms with Gasteiger partial charge in [0.15, 0.2) is 5.69 Å². The van der Waals surface area contributed by atoms with Crippen LogP contribution in [-0.4, -0.2) is 59.3 Å². The predicted octanol–water partition coefficient (Wildman–Crippen LogP) is 2.53. The number of esters is 3. The van der Waals surface area contributed by atoms with Crippen molar-refractivity contribution in [3.63, 3.8) is 0 Å². The molecule has 1 aliphatic heterocycles. The van der Waals surface area contributed by atoms with E-state index in [2.05, 4.69) is 15.0 Å². The van der Waals surface area contributed by atoms with Gasteiger partial charge in [0.25, 0.3) is 0 Å². The van der Waals surface area contributed by atoms with Crippen LogP contribution in [-0.2, 0) is 33.3 Å². The zero-order chi connectivity index (χ0) is 23.8. The molecule has 0 radical (unpaired) electrons. The van der Waals surface area contributed by atoms with Crippen LogP contribution in [0.3, 0.4) is 0 Å². The Morgan fingerprint density at radius 3 is 2.47 bits per heavy atom. The van der Waals surface area contributed by atoms with Crippen molar-refractivity contribution in [2.45, 2.75) is 55.5 Å². The number of carbonyl (C=O) groups is 3. The van der Waals surface area contributed by atoms with E-state index < -0.39 is 47.7 Å².